The third-order valence-electron chi connectivity index (χ3n) is 7.64. The first-order chi connectivity index (χ1) is 20.9. The molecule has 214 valence electrons. The lowest BCUT2D eigenvalue weighted by Crippen LogP contribution is -2.40. The van der Waals surface area contributed by atoms with Crippen molar-refractivity contribution >= 4 is 40.0 Å². The molecule has 5 aromatic rings. The molecule has 3 heterocycles. The van der Waals surface area contributed by atoms with Crippen molar-refractivity contribution in [2.24, 2.45) is 4.99 Å². The summed E-state index contributed by atoms with van der Waals surface area (Å²) in [5, 5.41) is 10.3. The summed E-state index contributed by atoms with van der Waals surface area (Å²) in [5.74, 6) is -0.170. The lowest BCUT2D eigenvalue weighted by Gasteiger charge is -2.26. The summed E-state index contributed by atoms with van der Waals surface area (Å²) in [6.07, 6.45) is 3.75. The summed E-state index contributed by atoms with van der Waals surface area (Å²) in [6, 6.07) is 26.9. The molecule has 1 atom stereocenters. The predicted octanol–water partition coefficient (Wildman–Crippen LogP) is 5.54. The van der Waals surface area contributed by atoms with E-state index in [2.05, 4.69) is 19.9 Å². The minimum absolute atomic E-state index is 0.195. The van der Waals surface area contributed by atoms with Gasteiger partial charge in [-0.05, 0) is 36.1 Å². The normalized spacial score (nSPS) is 15.0. The molecule has 0 saturated heterocycles. The first-order valence-electron chi connectivity index (χ1n) is 14.2. The quantitative estimate of drug-likeness (QED) is 0.234. The highest BCUT2D eigenvalue weighted by Crippen LogP contribution is 2.35. The molecule has 8 heteroatoms. The Morgan fingerprint density at radius 1 is 1.07 bits per heavy atom. The van der Waals surface area contributed by atoms with Crippen LogP contribution < -0.4 is 14.9 Å². The minimum atomic E-state index is -0.728. The SMILES string of the molecule is CCOC(=O)C1=C(c2ccccc2)N=c2s/c(=C\c3cn(CC#N)c4ccccc34)c(=O)n2[C@@H]1c1ccc(C(C)C)cc1. The molecule has 0 saturated carbocycles. The van der Waals surface area contributed by atoms with Gasteiger partial charge in [0.1, 0.15) is 6.54 Å². The molecule has 0 N–H and O–H groups in total. The van der Waals surface area contributed by atoms with Crippen LogP contribution in [0.3, 0.4) is 0 Å². The van der Waals surface area contributed by atoms with E-state index in [4.69, 9.17) is 9.73 Å². The van der Waals surface area contributed by atoms with E-state index in [9.17, 15) is 14.9 Å². The highest BCUT2D eigenvalue weighted by atomic mass is 32.1. The molecule has 0 radical (unpaired) electrons. The van der Waals surface area contributed by atoms with Crippen LogP contribution in [0.2, 0.25) is 0 Å². The number of nitrogens with zero attached hydrogens (tertiary/aromatic N) is 4. The van der Waals surface area contributed by atoms with Crippen LogP contribution in [-0.4, -0.2) is 21.7 Å². The number of hydrogen-bond acceptors (Lipinski definition) is 6. The Kier molecular flexibility index (Phi) is 7.66. The molecule has 0 unspecified atom stereocenters. The van der Waals surface area contributed by atoms with Crippen molar-refractivity contribution in [3.63, 3.8) is 0 Å². The van der Waals surface area contributed by atoms with Crippen LogP contribution in [-0.2, 0) is 16.1 Å². The average molecular weight is 587 g/mol. The number of para-hydroxylation sites is 1. The summed E-state index contributed by atoms with van der Waals surface area (Å²) < 4.78 is 9.56. The van der Waals surface area contributed by atoms with Crippen LogP contribution in [0.25, 0.3) is 22.7 Å². The fraction of sp³-hybridized carbons (Fsp3) is 0.200. The minimum Gasteiger partial charge on any atom is -0.463 e. The van der Waals surface area contributed by atoms with Crippen LogP contribution in [0.4, 0.5) is 0 Å². The van der Waals surface area contributed by atoms with Crippen LogP contribution in [0.1, 0.15) is 55.0 Å². The Balaban J connectivity index is 1.64. The Morgan fingerprint density at radius 2 is 1.79 bits per heavy atom. The number of ether oxygens (including phenoxy) is 1. The van der Waals surface area contributed by atoms with Crippen LogP contribution in [0, 0.1) is 11.3 Å². The number of aromatic nitrogens is 2. The van der Waals surface area contributed by atoms with E-state index < -0.39 is 12.0 Å². The third-order valence-corrected chi connectivity index (χ3v) is 8.62. The molecule has 2 aromatic heterocycles. The fourth-order valence-corrected chi connectivity index (χ4v) is 6.55. The van der Waals surface area contributed by atoms with Crippen molar-refractivity contribution in [2.45, 2.75) is 39.3 Å². The van der Waals surface area contributed by atoms with E-state index in [-0.39, 0.29) is 18.7 Å². The van der Waals surface area contributed by atoms with E-state index in [0.29, 0.717) is 26.5 Å². The standard InChI is InChI=1S/C35H30N4O3S/c1-4-42-34(41)30-31(24-10-6-5-7-11-24)37-35-39(32(30)25-16-14-23(15-17-25)22(2)3)33(40)29(43-35)20-26-21-38(19-18-36)28-13-9-8-12-27(26)28/h5-17,20-22,32H,4,19H2,1-3H3/b29-20-/t32-/m1/s1. The molecular weight excluding hydrogens is 556 g/mol. The summed E-state index contributed by atoms with van der Waals surface area (Å²) in [6.45, 7) is 6.42. The number of nitriles is 1. The van der Waals surface area contributed by atoms with Crippen molar-refractivity contribution in [1.82, 2.24) is 9.13 Å². The molecule has 7 nitrogen and oxygen atoms in total. The van der Waals surface area contributed by atoms with Crippen molar-refractivity contribution in [3.8, 4) is 6.07 Å². The third kappa shape index (κ3) is 5.13. The van der Waals surface area contributed by atoms with Gasteiger partial charge in [0, 0.05) is 28.2 Å². The number of benzene rings is 3. The smallest absolute Gasteiger partial charge is 0.338 e. The molecule has 0 spiro atoms. The topological polar surface area (TPSA) is 89.4 Å². The zero-order valence-corrected chi connectivity index (χ0v) is 25.0. The molecule has 1 aliphatic heterocycles. The zero-order valence-electron chi connectivity index (χ0n) is 24.2. The van der Waals surface area contributed by atoms with Gasteiger partial charge >= 0.3 is 5.97 Å². The molecule has 3 aromatic carbocycles. The van der Waals surface area contributed by atoms with Crippen molar-refractivity contribution in [1.29, 1.82) is 5.26 Å². The Hall–Kier alpha value is -5.00. The first-order valence-corrected chi connectivity index (χ1v) is 15.1. The highest BCUT2D eigenvalue weighted by molar-refractivity contribution is 7.07. The average Bonchev–Trinajstić information content (AvgIpc) is 3.53. The zero-order chi connectivity index (χ0) is 30.1. The van der Waals surface area contributed by atoms with Gasteiger partial charge in [-0.3, -0.25) is 9.36 Å². The summed E-state index contributed by atoms with van der Waals surface area (Å²) in [7, 11) is 0. The maximum absolute atomic E-state index is 14.3. The van der Waals surface area contributed by atoms with Gasteiger partial charge in [-0.2, -0.15) is 5.26 Å². The lowest BCUT2D eigenvalue weighted by atomic mass is 9.91. The number of fused-ring (bicyclic) bond motifs is 2. The van der Waals surface area contributed by atoms with Gasteiger partial charge in [0.2, 0.25) is 0 Å². The molecule has 6 rings (SSSR count). The van der Waals surface area contributed by atoms with Gasteiger partial charge in [0.15, 0.2) is 4.80 Å². The Bertz CT molecular complexity index is 2090. The predicted molar refractivity (Wildman–Crippen MR) is 169 cm³/mol. The molecule has 0 bridgehead atoms. The van der Waals surface area contributed by atoms with Gasteiger partial charge in [0.25, 0.3) is 5.56 Å². The number of hydrogen-bond donors (Lipinski definition) is 0. The van der Waals surface area contributed by atoms with Crippen LogP contribution in [0.5, 0.6) is 0 Å². The second-order valence-corrected chi connectivity index (χ2v) is 11.6. The fourth-order valence-electron chi connectivity index (χ4n) is 5.56. The molecular formula is C35H30N4O3S. The van der Waals surface area contributed by atoms with Gasteiger partial charge in [0.05, 0.1) is 34.5 Å². The van der Waals surface area contributed by atoms with E-state index >= 15 is 0 Å². The summed E-state index contributed by atoms with van der Waals surface area (Å²) in [5.41, 5.74) is 5.07. The van der Waals surface area contributed by atoms with Crippen molar-refractivity contribution < 1.29 is 9.53 Å². The van der Waals surface area contributed by atoms with Gasteiger partial charge in [-0.1, -0.05) is 98.0 Å². The number of carbonyl (C=O) groups excluding carboxylic acids is 1. The second kappa shape index (κ2) is 11.7. The Morgan fingerprint density at radius 3 is 2.49 bits per heavy atom. The van der Waals surface area contributed by atoms with Crippen molar-refractivity contribution in [3.05, 3.63) is 133 Å². The summed E-state index contributed by atoms with van der Waals surface area (Å²) >= 11 is 1.29. The van der Waals surface area contributed by atoms with E-state index in [1.54, 1.807) is 11.5 Å². The maximum Gasteiger partial charge on any atom is 0.338 e. The van der Waals surface area contributed by atoms with Gasteiger partial charge in [-0.25, -0.2) is 9.79 Å². The maximum atomic E-state index is 14.3. The molecule has 0 aliphatic carbocycles. The Labute approximate surface area is 252 Å². The highest BCUT2D eigenvalue weighted by Gasteiger charge is 2.35. The largest absolute Gasteiger partial charge is 0.463 e. The monoisotopic (exact) mass is 586 g/mol. The van der Waals surface area contributed by atoms with Crippen LogP contribution >= 0.6 is 11.3 Å². The molecule has 43 heavy (non-hydrogen) atoms. The number of esters is 1. The molecule has 0 fully saturated rings. The summed E-state index contributed by atoms with van der Waals surface area (Å²) in [4.78, 5) is 33.4. The van der Waals surface area contributed by atoms with Crippen LogP contribution in [0.15, 0.2) is 100 Å². The number of rotatable bonds is 7. The van der Waals surface area contributed by atoms with E-state index in [0.717, 1.165) is 33.2 Å². The first kappa shape index (κ1) is 28.1. The van der Waals surface area contributed by atoms with Gasteiger partial charge in [-0.15, -0.1) is 0 Å². The second-order valence-electron chi connectivity index (χ2n) is 10.6. The number of thiazole rings is 1. The van der Waals surface area contributed by atoms with E-state index in [1.165, 1.54) is 11.3 Å². The molecule has 0 amide bonds. The van der Waals surface area contributed by atoms with E-state index in [1.807, 2.05) is 95.7 Å². The van der Waals surface area contributed by atoms with Crippen molar-refractivity contribution in [2.75, 3.05) is 6.61 Å². The molecule has 1 aliphatic rings. The lowest BCUT2D eigenvalue weighted by molar-refractivity contribution is -0.138. The van der Waals surface area contributed by atoms with Gasteiger partial charge < -0.3 is 9.30 Å². The number of carbonyl (C=O) groups is 1.